The molecule has 0 atom stereocenters. The summed E-state index contributed by atoms with van der Waals surface area (Å²) >= 11 is 0. The van der Waals surface area contributed by atoms with E-state index in [1.54, 1.807) is 12.1 Å². The molecule has 1 aromatic heterocycles. The summed E-state index contributed by atoms with van der Waals surface area (Å²) in [6.45, 7) is 0.622. The van der Waals surface area contributed by atoms with E-state index in [-0.39, 0.29) is 10.6 Å². The number of hydrogen-bond acceptors (Lipinski definition) is 5. The number of aromatic amines is 1. The molecule has 0 amide bonds. The van der Waals surface area contributed by atoms with Crippen molar-refractivity contribution in [2.24, 2.45) is 0 Å². The highest BCUT2D eigenvalue weighted by atomic mass is 32.2. The molecule has 3 aromatic rings. The van der Waals surface area contributed by atoms with Gasteiger partial charge < -0.3 is 4.74 Å². The Morgan fingerprint density at radius 2 is 2.08 bits per heavy atom. The lowest BCUT2D eigenvalue weighted by Gasteiger charge is -2.18. The third kappa shape index (κ3) is 3.13. The average Bonchev–Trinajstić information content (AvgIpc) is 3.18. The second-order valence-corrected chi connectivity index (χ2v) is 7.54. The van der Waals surface area contributed by atoms with E-state index in [9.17, 15) is 12.8 Å². The lowest BCUT2D eigenvalue weighted by atomic mass is 10.1. The van der Waals surface area contributed by atoms with Crippen LogP contribution >= 0.6 is 0 Å². The first-order valence-corrected chi connectivity index (χ1v) is 9.45. The summed E-state index contributed by atoms with van der Waals surface area (Å²) in [5.74, 6) is 0.420. The summed E-state index contributed by atoms with van der Waals surface area (Å²) < 4.78 is 47.3. The summed E-state index contributed by atoms with van der Waals surface area (Å²) in [4.78, 5) is 4.04. The third-order valence-corrected chi connectivity index (χ3v) is 5.45. The van der Waals surface area contributed by atoms with Crippen molar-refractivity contribution >= 4 is 15.7 Å². The molecule has 0 fully saturated rings. The highest BCUT2D eigenvalue weighted by Gasteiger charge is 2.20. The molecule has 0 aliphatic carbocycles. The molecular formula is C17H15FN4O3S. The predicted molar refractivity (Wildman–Crippen MR) is 92.8 cm³/mol. The molecule has 0 radical (unpaired) electrons. The molecule has 0 saturated heterocycles. The van der Waals surface area contributed by atoms with Gasteiger partial charge in [-0.05, 0) is 54.8 Å². The maximum absolute atomic E-state index is 14.1. The molecule has 134 valence electrons. The van der Waals surface area contributed by atoms with E-state index in [4.69, 9.17) is 4.74 Å². The van der Waals surface area contributed by atoms with E-state index >= 15 is 0 Å². The van der Waals surface area contributed by atoms with Gasteiger partial charge in [0.15, 0.2) is 5.82 Å². The molecule has 0 unspecified atom stereocenters. The second-order valence-electron chi connectivity index (χ2n) is 5.86. The lowest BCUT2D eigenvalue weighted by molar-refractivity contribution is 0.288. The Morgan fingerprint density at radius 1 is 1.19 bits per heavy atom. The van der Waals surface area contributed by atoms with Crippen LogP contribution in [0.25, 0.3) is 11.4 Å². The van der Waals surface area contributed by atoms with E-state index in [2.05, 4.69) is 19.9 Å². The summed E-state index contributed by atoms with van der Waals surface area (Å²) in [5, 5.41) is 6.39. The molecule has 9 heteroatoms. The number of aryl methyl sites for hydroxylation is 1. The van der Waals surface area contributed by atoms with Crippen LogP contribution in [-0.2, 0) is 16.4 Å². The van der Waals surface area contributed by atoms with Gasteiger partial charge in [0.05, 0.1) is 17.2 Å². The monoisotopic (exact) mass is 374 g/mol. The van der Waals surface area contributed by atoms with Gasteiger partial charge in [-0.15, -0.1) is 0 Å². The molecule has 2 N–H and O–H groups in total. The van der Waals surface area contributed by atoms with Gasteiger partial charge in [-0.3, -0.25) is 9.82 Å². The van der Waals surface area contributed by atoms with Crippen molar-refractivity contribution in [2.75, 3.05) is 11.3 Å². The number of sulfonamides is 1. The van der Waals surface area contributed by atoms with Crippen LogP contribution in [0.1, 0.15) is 12.0 Å². The minimum Gasteiger partial charge on any atom is -0.493 e. The predicted octanol–water partition coefficient (Wildman–Crippen LogP) is 2.74. The van der Waals surface area contributed by atoms with Crippen LogP contribution in [0.2, 0.25) is 0 Å². The van der Waals surface area contributed by atoms with E-state index < -0.39 is 15.8 Å². The molecule has 0 bridgehead atoms. The van der Waals surface area contributed by atoms with E-state index in [1.807, 2.05) is 0 Å². The molecule has 7 nitrogen and oxygen atoms in total. The van der Waals surface area contributed by atoms with Gasteiger partial charge >= 0.3 is 0 Å². The maximum atomic E-state index is 14.1. The first-order valence-electron chi connectivity index (χ1n) is 7.97. The molecule has 0 saturated carbocycles. The van der Waals surface area contributed by atoms with Crippen molar-refractivity contribution in [3.63, 3.8) is 0 Å². The zero-order chi connectivity index (χ0) is 18.1. The van der Waals surface area contributed by atoms with Gasteiger partial charge in [0.2, 0.25) is 0 Å². The number of ether oxygens (including phenoxy) is 1. The highest BCUT2D eigenvalue weighted by molar-refractivity contribution is 7.92. The van der Waals surface area contributed by atoms with Crippen LogP contribution in [0, 0.1) is 5.82 Å². The van der Waals surface area contributed by atoms with Gasteiger partial charge in [-0.2, -0.15) is 5.10 Å². The first kappa shape index (κ1) is 16.5. The third-order valence-electron chi connectivity index (χ3n) is 4.09. The zero-order valence-electron chi connectivity index (χ0n) is 13.6. The number of halogens is 1. The molecular weight excluding hydrogens is 359 g/mol. The Hall–Kier alpha value is -2.94. The fourth-order valence-corrected chi connectivity index (χ4v) is 3.91. The number of nitrogens with zero attached hydrogens (tertiary/aromatic N) is 2. The standard InChI is InChI=1S/C17H15FN4O3S/c18-14-5-3-12(17-19-10-20-21-17)9-15(14)22-26(23,24)13-4-6-16-11(8-13)2-1-7-25-16/h3-6,8-10,22H,1-2,7H2,(H,19,20,21). The van der Waals surface area contributed by atoms with E-state index in [1.165, 1.54) is 30.6 Å². The Morgan fingerprint density at radius 3 is 2.88 bits per heavy atom. The molecule has 1 aliphatic rings. The number of hydrogen-bond donors (Lipinski definition) is 2. The lowest BCUT2D eigenvalue weighted by Crippen LogP contribution is -2.15. The van der Waals surface area contributed by atoms with Crippen molar-refractivity contribution in [2.45, 2.75) is 17.7 Å². The van der Waals surface area contributed by atoms with Crippen LogP contribution in [0.4, 0.5) is 10.1 Å². The van der Waals surface area contributed by atoms with Crippen molar-refractivity contribution in [1.82, 2.24) is 15.2 Å². The van der Waals surface area contributed by atoms with E-state index in [0.29, 0.717) is 23.7 Å². The van der Waals surface area contributed by atoms with Gasteiger partial charge in [0.1, 0.15) is 17.9 Å². The fraction of sp³-hybridized carbons (Fsp3) is 0.176. The van der Waals surface area contributed by atoms with Crippen molar-refractivity contribution in [1.29, 1.82) is 0 Å². The normalized spacial score (nSPS) is 13.7. The van der Waals surface area contributed by atoms with Crippen LogP contribution in [0.5, 0.6) is 5.75 Å². The quantitative estimate of drug-likeness (QED) is 0.732. The molecule has 0 spiro atoms. The van der Waals surface area contributed by atoms with Crippen LogP contribution in [0.3, 0.4) is 0 Å². The zero-order valence-corrected chi connectivity index (χ0v) is 14.4. The van der Waals surface area contributed by atoms with Gasteiger partial charge in [0.25, 0.3) is 10.0 Å². The smallest absolute Gasteiger partial charge is 0.262 e. The summed E-state index contributed by atoms with van der Waals surface area (Å²) in [6, 6.07) is 8.68. The van der Waals surface area contributed by atoms with E-state index in [0.717, 1.165) is 18.4 Å². The molecule has 2 heterocycles. The Bertz CT molecular complexity index is 1050. The summed E-state index contributed by atoms with van der Waals surface area (Å²) in [5.41, 5.74) is 1.18. The number of benzene rings is 2. The SMILES string of the molecule is O=S(=O)(Nc1cc(-c2ncn[nH]2)ccc1F)c1ccc2c(c1)CCCO2. The Kier molecular flexibility index (Phi) is 4.08. The fourth-order valence-electron chi connectivity index (χ4n) is 2.80. The molecule has 2 aromatic carbocycles. The summed E-state index contributed by atoms with van der Waals surface area (Å²) in [6.07, 6.45) is 2.89. The number of fused-ring (bicyclic) bond motifs is 1. The molecule has 4 rings (SSSR count). The summed E-state index contributed by atoms with van der Waals surface area (Å²) in [7, 11) is -3.95. The number of nitrogens with one attached hydrogen (secondary N) is 2. The van der Waals surface area contributed by atoms with Crippen LogP contribution in [-0.4, -0.2) is 30.2 Å². The minimum absolute atomic E-state index is 0.0613. The number of anilines is 1. The Balaban J connectivity index is 1.67. The van der Waals surface area contributed by atoms with Crippen molar-refractivity contribution in [3.8, 4) is 17.1 Å². The largest absolute Gasteiger partial charge is 0.493 e. The number of H-pyrrole nitrogens is 1. The molecule has 1 aliphatic heterocycles. The Labute approximate surface area is 149 Å². The average molecular weight is 374 g/mol. The van der Waals surface area contributed by atoms with Crippen molar-refractivity contribution in [3.05, 3.63) is 54.1 Å². The van der Waals surface area contributed by atoms with Crippen LogP contribution in [0.15, 0.2) is 47.6 Å². The molecule has 26 heavy (non-hydrogen) atoms. The number of rotatable bonds is 4. The number of aromatic nitrogens is 3. The van der Waals surface area contributed by atoms with Crippen LogP contribution < -0.4 is 9.46 Å². The maximum Gasteiger partial charge on any atom is 0.262 e. The second kappa shape index (κ2) is 6.41. The first-order chi connectivity index (χ1) is 12.5. The van der Waals surface area contributed by atoms with Crippen molar-refractivity contribution < 1.29 is 17.5 Å². The minimum atomic E-state index is -3.95. The van der Waals surface area contributed by atoms with Gasteiger partial charge in [-0.1, -0.05) is 0 Å². The van der Waals surface area contributed by atoms with Gasteiger partial charge in [0, 0.05) is 5.56 Å². The van der Waals surface area contributed by atoms with Gasteiger partial charge in [-0.25, -0.2) is 17.8 Å². The topological polar surface area (TPSA) is 97.0 Å². The highest BCUT2D eigenvalue weighted by Crippen LogP contribution is 2.29.